The van der Waals surface area contributed by atoms with Crippen molar-refractivity contribution in [3.05, 3.63) is 41.5 Å². The minimum absolute atomic E-state index is 0.0518. The molecule has 0 radical (unpaired) electrons. The zero-order valence-corrected chi connectivity index (χ0v) is 14.8. The van der Waals surface area contributed by atoms with Gasteiger partial charge in [-0.15, -0.1) is 0 Å². The molecule has 0 spiro atoms. The topological polar surface area (TPSA) is 72.2 Å². The van der Waals surface area contributed by atoms with Gasteiger partial charge in [-0.2, -0.15) is 0 Å². The minimum Gasteiger partial charge on any atom is -0.441 e. The maximum atomic E-state index is 13.8. The summed E-state index contributed by atoms with van der Waals surface area (Å²) in [6.45, 7) is 5.54. The molecule has 0 fully saturated rings. The van der Waals surface area contributed by atoms with Gasteiger partial charge in [-0.25, -0.2) is 9.37 Å². The average Bonchev–Trinajstić information content (AvgIpc) is 2.87. The van der Waals surface area contributed by atoms with Crippen molar-refractivity contribution in [3.63, 3.8) is 0 Å². The highest BCUT2D eigenvalue weighted by molar-refractivity contribution is 7.84. The number of nitrogens with one attached hydrogen (secondary N) is 1. The summed E-state index contributed by atoms with van der Waals surface area (Å²) >= 11 is 0. The van der Waals surface area contributed by atoms with Gasteiger partial charge in [-0.05, 0) is 32.4 Å². The van der Waals surface area contributed by atoms with Crippen LogP contribution in [0.4, 0.5) is 4.39 Å². The molecule has 0 bridgehead atoms. The lowest BCUT2D eigenvalue weighted by Crippen LogP contribution is -2.35. The van der Waals surface area contributed by atoms with Crippen molar-refractivity contribution in [1.29, 1.82) is 0 Å². The Morgan fingerprint density at radius 2 is 2.12 bits per heavy atom. The van der Waals surface area contributed by atoms with E-state index in [0.29, 0.717) is 11.5 Å². The largest absolute Gasteiger partial charge is 0.441 e. The van der Waals surface area contributed by atoms with Crippen LogP contribution in [0.2, 0.25) is 0 Å². The smallest absolute Gasteiger partial charge is 0.232 e. The maximum absolute atomic E-state index is 13.8. The number of amides is 1. The number of hydrogen-bond acceptors (Lipinski definition) is 4. The molecule has 24 heavy (non-hydrogen) atoms. The van der Waals surface area contributed by atoms with E-state index in [4.69, 9.17) is 4.42 Å². The van der Waals surface area contributed by atoms with E-state index in [1.807, 2.05) is 13.8 Å². The highest BCUT2D eigenvalue weighted by Gasteiger charge is 2.18. The van der Waals surface area contributed by atoms with Crippen LogP contribution in [0.5, 0.6) is 0 Å². The Labute approximate surface area is 143 Å². The van der Waals surface area contributed by atoms with E-state index in [9.17, 15) is 13.4 Å². The number of aryl methyl sites for hydroxylation is 1. The molecule has 1 aromatic heterocycles. The summed E-state index contributed by atoms with van der Waals surface area (Å²) < 4.78 is 31.4. The first-order valence-corrected chi connectivity index (χ1v) is 9.25. The van der Waals surface area contributed by atoms with Crippen LogP contribution in [0.1, 0.15) is 31.7 Å². The Hall–Kier alpha value is -2.02. The highest BCUT2D eigenvalue weighted by Crippen LogP contribution is 2.24. The molecule has 0 aliphatic rings. The molecular weight excluding hydrogens is 331 g/mol. The van der Waals surface area contributed by atoms with Crippen LogP contribution < -0.4 is 5.32 Å². The second kappa shape index (κ2) is 8.19. The van der Waals surface area contributed by atoms with Crippen molar-refractivity contribution < 1.29 is 17.8 Å². The number of benzene rings is 1. The number of halogens is 1. The normalized spacial score (nSPS) is 13.5. The van der Waals surface area contributed by atoms with Gasteiger partial charge in [0.2, 0.25) is 11.8 Å². The van der Waals surface area contributed by atoms with E-state index >= 15 is 0 Å². The third-order valence-corrected chi connectivity index (χ3v) is 4.79. The van der Waals surface area contributed by atoms with Gasteiger partial charge in [-0.3, -0.25) is 9.00 Å². The molecule has 1 N–H and O–H groups in total. The Morgan fingerprint density at radius 1 is 1.42 bits per heavy atom. The first kappa shape index (κ1) is 18.3. The van der Waals surface area contributed by atoms with Crippen LogP contribution in [0.25, 0.3) is 11.5 Å². The molecule has 0 aliphatic carbocycles. The van der Waals surface area contributed by atoms with Crippen molar-refractivity contribution in [2.75, 3.05) is 5.75 Å². The van der Waals surface area contributed by atoms with Crippen LogP contribution >= 0.6 is 0 Å². The molecule has 2 rings (SSSR count). The van der Waals surface area contributed by atoms with Crippen molar-refractivity contribution in [2.24, 2.45) is 0 Å². The Kier molecular flexibility index (Phi) is 6.25. The van der Waals surface area contributed by atoms with Gasteiger partial charge in [0.05, 0.1) is 17.0 Å². The monoisotopic (exact) mass is 352 g/mol. The van der Waals surface area contributed by atoms with Gasteiger partial charge in [0.25, 0.3) is 0 Å². The van der Waals surface area contributed by atoms with Gasteiger partial charge < -0.3 is 9.73 Å². The lowest BCUT2D eigenvalue weighted by atomic mass is 10.2. The fourth-order valence-electron chi connectivity index (χ4n) is 2.08. The molecule has 0 saturated carbocycles. The first-order chi connectivity index (χ1) is 11.4. The summed E-state index contributed by atoms with van der Waals surface area (Å²) in [5.74, 6) is -0.0493. The average molecular weight is 352 g/mol. The van der Waals surface area contributed by atoms with Crippen LogP contribution in [-0.2, 0) is 21.3 Å². The van der Waals surface area contributed by atoms with Gasteiger partial charge in [0.15, 0.2) is 0 Å². The summed E-state index contributed by atoms with van der Waals surface area (Å²) in [7, 11) is -1.41. The van der Waals surface area contributed by atoms with Crippen LogP contribution in [0.3, 0.4) is 0 Å². The molecule has 0 saturated heterocycles. The molecule has 1 heterocycles. The summed E-state index contributed by atoms with van der Waals surface area (Å²) in [4.78, 5) is 16.0. The molecule has 130 valence electrons. The van der Waals surface area contributed by atoms with E-state index in [1.165, 1.54) is 6.07 Å². The summed E-state index contributed by atoms with van der Waals surface area (Å²) in [5, 5.41) is 2.77. The van der Waals surface area contributed by atoms with Gasteiger partial charge in [0.1, 0.15) is 17.3 Å². The number of carbonyl (C=O) groups excluding carboxylic acids is 1. The fourth-order valence-corrected chi connectivity index (χ4v) is 3.13. The molecular formula is C17H21FN2O3S. The molecule has 0 unspecified atom stereocenters. The predicted molar refractivity (Wildman–Crippen MR) is 91.2 cm³/mol. The minimum atomic E-state index is -1.41. The lowest BCUT2D eigenvalue weighted by Gasteiger charge is -2.10. The highest BCUT2D eigenvalue weighted by atomic mass is 32.2. The van der Waals surface area contributed by atoms with Gasteiger partial charge in [-0.1, -0.05) is 19.1 Å². The second-order valence-corrected chi connectivity index (χ2v) is 7.06. The van der Waals surface area contributed by atoms with E-state index < -0.39 is 16.6 Å². The van der Waals surface area contributed by atoms with Crippen molar-refractivity contribution >= 4 is 16.7 Å². The van der Waals surface area contributed by atoms with Crippen LogP contribution in [-0.4, -0.2) is 26.9 Å². The van der Waals surface area contributed by atoms with Gasteiger partial charge in [0, 0.05) is 16.8 Å². The quantitative estimate of drug-likeness (QED) is 0.831. The number of aromatic nitrogens is 1. The summed E-state index contributed by atoms with van der Waals surface area (Å²) in [6.07, 6.45) is 0.812. The SMILES string of the molecule is CC[C@@H](C)NC(=O)C[S@](=O)Cc1nc(-c2ccccc2F)oc1C. The van der Waals surface area contributed by atoms with E-state index in [0.717, 1.165) is 6.42 Å². The molecule has 2 aromatic rings. The predicted octanol–water partition coefficient (Wildman–Crippen LogP) is 2.95. The molecule has 7 heteroatoms. The Bertz CT molecular complexity index is 745. The lowest BCUT2D eigenvalue weighted by molar-refractivity contribution is -0.119. The zero-order valence-electron chi connectivity index (χ0n) is 14.0. The number of hydrogen-bond donors (Lipinski definition) is 1. The second-order valence-electron chi connectivity index (χ2n) is 5.61. The number of rotatable bonds is 7. The molecule has 0 aliphatic heterocycles. The molecule has 2 atom stereocenters. The van der Waals surface area contributed by atoms with Crippen molar-refractivity contribution in [3.8, 4) is 11.5 Å². The number of nitrogens with zero attached hydrogens (tertiary/aromatic N) is 1. The van der Waals surface area contributed by atoms with E-state index in [2.05, 4.69) is 10.3 Å². The van der Waals surface area contributed by atoms with Gasteiger partial charge >= 0.3 is 0 Å². The number of carbonyl (C=O) groups is 1. The summed E-state index contributed by atoms with van der Waals surface area (Å²) in [6, 6.07) is 6.22. The molecule has 5 nitrogen and oxygen atoms in total. The summed E-state index contributed by atoms with van der Waals surface area (Å²) in [5.41, 5.74) is 0.732. The standard InChI is InChI=1S/C17H21FN2O3S/c1-4-11(2)19-16(21)10-24(22)9-15-12(3)23-17(20-15)13-7-5-6-8-14(13)18/h5-8,11H,4,9-10H2,1-3H3,(H,19,21)/t11-,24-/m1/s1. The van der Waals surface area contributed by atoms with Crippen LogP contribution in [0, 0.1) is 12.7 Å². The van der Waals surface area contributed by atoms with E-state index in [-0.39, 0.29) is 34.9 Å². The van der Waals surface area contributed by atoms with Crippen molar-refractivity contribution in [1.82, 2.24) is 10.3 Å². The third kappa shape index (κ3) is 4.74. The first-order valence-electron chi connectivity index (χ1n) is 7.76. The Morgan fingerprint density at radius 3 is 2.79 bits per heavy atom. The van der Waals surface area contributed by atoms with Crippen molar-refractivity contribution in [2.45, 2.75) is 39.0 Å². The third-order valence-electron chi connectivity index (χ3n) is 3.61. The maximum Gasteiger partial charge on any atom is 0.232 e. The Balaban J connectivity index is 2.04. The number of oxazole rings is 1. The van der Waals surface area contributed by atoms with E-state index in [1.54, 1.807) is 25.1 Å². The van der Waals surface area contributed by atoms with Crippen LogP contribution in [0.15, 0.2) is 28.7 Å². The fraction of sp³-hybridized carbons (Fsp3) is 0.412. The molecule has 1 aromatic carbocycles. The molecule has 1 amide bonds. The zero-order chi connectivity index (χ0) is 17.7.